The van der Waals surface area contributed by atoms with E-state index < -0.39 is 0 Å². The monoisotopic (exact) mass is 272 g/mol. The lowest BCUT2D eigenvalue weighted by atomic mass is 10.2. The van der Waals surface area contributed by atoms with E-state index >= 15 is 0 Å². The average Bonchev–Trinajstić information content (AvgIpc) is 2.45. The number of hydrogen-bond donors (Lipinski definition) is 1. The Morgan fingerprint density at radius 2 is 2.00 bits per heavy atom. The van der Waals surface area contributed by atoms with Gasteiger partial charge < -0.3 is 5.32 Å². The van der Waals surface area contributed by atoms with Gasteiger partial charge in [-0.3, -0.25) is 9.78 Å². The number of amides is 1. The van der Waals surface area contributed by atoms with E-state index in [0.717, 1.165) is 11.3 Å². The van der Waals surface area contributed by atoms with E-state index in [2.05, 4.69) is 10.3 Å². The summed E-state index contributed by atoms with van der Waals surface area (Å²) in [5.74, 6) is -0.152. The van der Waals surface area contributed by atoms with Gasteiger partial charge >= 0.3 is 0 Å². The number of halogens is 1. The van der Waals surface area contributed by atoms with Gasteiger partial charge in [0.1, 0.15) is 0 Å². The SMILES string of the molecule is O=C(/C=C/c1ccc(Cl)cc1)NCc1ccccn1. The van der Waals surface area contributed by atoms with Crippen molar-refractivity contribution in [2.45, 2.75) is 6.54 Å². The molecule has 0 bridgehead atoms. The van der Waals surface area contributed by atoms with Crippen molar-refractivity contribution in [1.29, 1.82) is 0 Å². The van der Waals surface area contributed by atoms with Crippen LogP contribution in [0.4, 0.5) is 0 Å². The third-order valence-electron chi connectivity index (χ3n) is 2.47. The fourth-order valence-electron chi connectivity index (χ4n) is 1.49. The van der Waals surface area contributed by atoms with Crippen LogP contribution in [-0.4, -0.2) is 10.9 Å². The van der Waals surface area contributed by atoms with Crippen molar-refractivity contribution in [2.75, 3.05) is 0 Å². The minimum atomic E-state index is -0.152. The molecule has 1 amide bonds. The van der Waals surface area contributed by atoms with Gasteiger partial charge in [0.2, 0.25) is 5.91 Å². The molecule has 0 fully saturated rings. The third kappa shape index (κ3) is 4.56. The summed E-state index contributed by atoms with van der Waals surface area (Å²) in [5, 5.41) is 3.44. The van der Waals surface area contributed by atoms with Gasteiger partial charge in [0.05, 0.1) is 12.2 Å². The van der Waals surface area contributed by atoms with Crippen LogP contribution in [0.25, 0.3) is 6.08 Å². The van der Waals surface area contributed by atoms with Gasteiger partial charge in [-0.25, -0.2) is 0 Å². The zero-order valence-electron chi connectivity index (χ0n) is 10.2. The highest BCUT2D eigenvalue weighted by molar-refractivity contribution is 6.30. The quantitative estimate of drug-likeness (QED) is 0.869. The van der Waals surface area contributed by atoms with E-state index in [-0.39, 0.29) is 5.91 Å². The van der Waals surface area contributed by atoms with E-state index in [0.29, 0.717) is 11.6 Å². The number of hydrogen-bond acceptors (Lipinski definition) is 2. The normalized spacial score (nSPS) is 10.6. The first-order valence-electron chi connectivity index (χ1n) is 5.85. The highest BCUT2D eigenvalue weighted by atomic mass is 35.5. The van der Waals surface area contributed by atoms with Crippen molar-refractivity contribution in [3.63, 3.8) is 0 Å². The van der Waals surface area contributed by atoms with Crippen LogP contribution in [0.2, 0.25) is 5.02 Å². The van der Waals surface area contributed by atoms with Crippen LogP contribution in [0.5, 0.6) is 0 Å². The molecule has 0 aliphatic heterocycles. The van der Waals surface area contributed by atoms with Crippen LogP contribution in [0, 0.1) is 0 Å². The zero-order valence-corrected chi connectivity index (χ0v) is 11.0. The largest absolute Gasteiger partial charge is 0.347 e. The Bertz CT molecular complexity index is 564. The molecule has 0 radical (unpaired) electrons. The summed E-state index contributed by atoms with van der Waals surface area (Å²) in [4.78, 5) is 15.7. The molecule has 1 aromatic heterocycles. The van der Waals surface area contributed by atoms with Gasteiger partial charge in [0, 0.05) is 17.3 Å². The average molecular weight is 273 g/mol. The Balaban J connectivity index is 1.86. The fourth-order valence-corrected chi connectivity index (χ4v) is 1.61. The zero-order chi connectivity index (χ0) is 13.5. The number of nitrogens with one attached hydrogen (secondary N) is 1. The molecule has 2 rings (SSSR count). The number of carbonyl (C=O) groups is 1. The smallest absolute Gasteiger partial charge is 0.244 e. The van der Waals surface area contributed by atoms with Crippen molar-refractivity contribution in [3.8, 4) is 0 Å². The van der Waals surface area contributed by atoms with Gasteiger partial charge in [-0.2, -0.15) is 0 Å². The number of rotatable bonds is 4. The lowest BCUT2D eigenvalue weighted by Gasteiger charge is -2.01. The number of carbonyl (C=O) groups excluding carboxylic acids is 1. The maximum absolute atomic E-state index is 11.6. The van der Waals surface area contributed by atoms with E-state index in [9.17, 15) is 4.79 Å². The molecule has 4 heteroatoms. The Kier molecular flexibility index (Phi) is 4.70. The van der Waals surface area contributed by atoms with E-state index in [4.69, 9.17) is 11.6 Å². The van der Waals surface area contributed by atoms with Gasteiger partial charge in [-0.1, -0.05) is 29.8 Å². The van der Waals surface area contributed by atoms with Gasteiger partial charge in [-0.05, 0) is 35.9 Å². The molecule has 0 aliphatic rings. The standard InChI is InChI=1S/C15H13ClN2O/c16-13-7-4-12(5-8-13)6-9-15(19)18-11-14-3-1-2-10-17-14/h1-10H,11H2,(H,18,19)/b9-6+. The summed E-state index contributed by atoms with van der Waals surface area (Å²) in [6, 6.07) is 12.9. The maximum atomic E-state index is 11.6. The first-order valence-corrected chi connectivity index (χ1v) is 6.23. The maximum Gasteiger partial charge on any atom is 0.244 e. The van der Waals surface area contributed by atoms with Gasteiger partial charge in [0.25, 0.3) is 0 Å². The van der Waals surface area contributed by atoms with E-state index in [1.54, 1.807) is 24.4 Å². The molecule has 96 valence electrons. The second-order valence-corrected chi connectivity index (χ2v) is 4.36. The molecular weight excluding hydrogens is 260 g/mol. The molecule has 0 saturated carbocycles. The van der Waals surface area contributed by atoms with Crippen molar-refractivity contribution < 1.29 is 4.79 Å². The van der Waals surface area contributed by atoms with Crippen LogP contribution < -0.4 is 5.32 Å². The van der Waals surface area contributed by atoms with Crippen LogP contribution in [-0.2, 0) is 11.3 Å². The molecule has 19 heavy (non-hydrogen) atoms. The number of pyridine rings is 1. The molecular formula is C15H13ClN2O. The van der Waals surface area contributed by atoms with Gasteiger partial charge in [0.15, 0.2) is 0 Å². The predicted molar refractivity (Wildman–Crippen MR) is 76.6 cm³/mol. The minimum absolute atomic E-state index is 0.152. The summed E-state index contributed by atoms with van der Waals surface area (Å²) in [6.45, 7) is 0.421. The molecule has 1 aromatic carbocycles. The first kappa shape index (κ1) is 13.3. The molecule has 0 aliphatic carbocycles. The van der Waals surface area contributed by atoms with E-state index in [1.807, 2.05) is 30.3 Å². The minimum Gasteiger partial charge on any atom is -0.347 e. The lowest BCUT2D eigenvalue weighted by molar-refractivity contribution is -0.116. The fraction of sp³-hybridized carbons (Fsp3) is 0.0667. The van der Waals surface area contributed by atoms with Crippen LogP contribution in [0.15, 0.2) is 54.7 Å². The van der Waals surface area contributed by atoms with Crippen LogP contribution >= 0.6 is 11.6 Å². The summed E-state index contributed by atoms with van der Waals surface area (Å²) >= 11 is 5.78. The van der Waals surface area contributed by atoms with Crippen molar-refractivity contribution in [2.24, 2.45) is 0 Å². The number of benzene rings is 1. The second kappa shape index (κ2) is 6.71. The number of nitrogens with zero attached hydrogens (tertiary/aromatic N) is 1. The Morgan fingerprint density at radius 3 is 2.68 bits per heavy atom. The molecule has 1 heterocycles. The molecule has 2 aromatic rings. The Morgan fingerprint density at radius 1 is 1.21 bits per heavy atom. The van der Waals surface area contributed by atoms with Crippen molar-refractivity contribution in [3.05, 3.63) is 71.0 Å². The van der Waals surface area contributed by atoms with Crippen LogP contribution in [0.3, 0.4) is 0 Å². The summed E-state index contributed by atoms with van der Waals surface area (Å²) in [5.41, 5.74) is 1.76. The predicted octanol–water partition coefficient (Wildman–Crippen LogP) is 3.06. The van der Waals surface area contributed by atoms with Gasteiger partial charge in [-0.15, -0.1) is 0 Å². The first-order chi connectivity index (χ1) is 9.24. The molecule has 0 atom stereocenters. The van der Waals surface area contributed by atoms with Crippen molar-refractivity contribution >= 4 is 23.6 Å². The van der Waals surface area contributed by atoms with E-state index in [1.165, 1.54) is 6.08 Å². The molecule has 0 saturated heterocycles. The second-order valence-electron chi connectivity index (χ2n) is 3.92. The van der Waals surface area contributed by atoms with Crippen molar-refractivity contribution in [1.82, 2.24) is 10.3 Å². The molecule has 1 N–H and O–H groups in total. The third-order valence-corrected chi connectivity index (χ3v) is 2.72. The summed E-state index contributed by atoms with van der Waals surface area (Å²) in [7, 11) is 0. The highest BCUT2D eigenvalue weighted by Gasteiger charge is 1.97. The number of aromatic nitrogens is 1. The Labute approximate surface area is 116 Å². The summed E-state index contributed by atoms with van der Waals surface area (Å²) in [6.07, 6.45) is 4.93. The molecule has 3 nitrogen and oxygen atoms in total. The molecule has 0 unspecified atom stereocenters. The molecule has 0 spiro atoms. The lowest BCUT2D eigenvalue weighted by Crippen LogP contribution is -2.20. The highest BCUT2D eigenvalue weighted by Crippen LogP contribution is 2.10. The Hall–Kier alpha value is -2.13. The van der Waals surface area contributed by atoms with Crippen LogP contribution in [0.1, 0.15) is 11.3 Å². The summed E-state index contributed by atoms with van der Waals surface area (Å²) < 4.78 is 0. The topological polar surface area (TPSA) is 42.0 Å².